The number of anilines is 1. The summed E-state index contributed by atoms with van der Waals surface area (Å²) >= 11 is 0. The largest absolute Gasteiger partial charge is 0.481 e. The molecule has 7 heteroatoms. The van der Waals surface area contributed by atoms with Gasteiger partial charge in [0.25, 0.3) is 0 Å². The SMILES string of the molecule is O=C(O)Cc1cccc(NC(=O)NCC(=O)N2[C@@H](c3ccccc3)CC[C@H]2c2ccccc2)c1. The van der Waals surface area contributed by atoms with E-state index in [0.717, 1.165) is 24.0 Å². The molecule has 1 heterocycles. The van der Waals surface area contributed by atoms with E-state index in [2.05, 4.69) is 10.6 Å². The molecular weight excluding hydrogens is 430 g/mol. The lowest BCUT2D eigenvalue weighted by molar-refractivity contribution is -0.136. The van der Waals surface area contributed by atoms with E-state index in [0.29, 0.717) is 11.3 Å². The van der Waals surface area contributed by atoms with E-state index in [1.807, 2.05) is 65.6 Å². The smallest absolute Gasteiger partial charge is 0.319 e. The van der Waals surface area contributed by atoms with Crippen LogP contribution in [0.25, 0.3) is 0 Å². The number of rotatable bonds is 7. The summed E-state index contributed by atoms with van der Waals surface area (Å²) < 4.78 is 0. The summed E-state index contributed by atoms with van der Waals surface area (Å²) in [4.78, 5) is 38.6. The van der Waals surface area contributed by atoms with Gasteiger partial charge in [0.2, 0.25) is 5.91 Å². The average Bonchev–Trinajstić information content (AvgIpc) is 3.29. The van der Waals surface area contributed by atoms with Gasteiger partial charge in [0.1, 0.15) is 0 Å². The molecule has 174 valence electrons. The number of aliphatic carboxylic acids is 1. The topological polar surface area (TPSA) is 98.7 Å². The summed E-state index contributed by atoms with van der Waals surface area (Å²) in [6, 6.07) is 25.9. The number of amides is 3. The fourth-order valence-electron chi connectivity index (χ4n) is 4.52. The first-order valence-corrected chi connectivity index (χ1v) is 11.3. The zero-order valence-corrected chi connectivity index (χ0v) is 18.7. The van der Waals surface area contributed by atoms with Crippen LogP contribution in [0, 0.1) is 0 Å². The normalized spacial score (nSPS) is 17.2. The third-order valence-electron chi connectivity index (χ3n) is 5.98. The van der Waals surface area contributed by atoms with Gasteiger partial charge in [0.15, 0.2) is 0 Å². The van der Waals surface area contributed by atoms with Crippen LogP contribution in [0.1, 0.15) is 41.6 Å². The van der Waals surface area contributed by atoms with E-state index in [9.17, 15) is 14.4 Å². The Hall–Kier alpha value is -4.13. The number of nitrogens with zero attached hydrogens (tertiary/aromatic N) is 1. The zero-order chi connectivity index (χ0) is 23.9. The van der Waals surface area contributed by atoms with Crippen LogP contribution >= 0.6 is 0 Å². The number of nitrogens with one attached hydrogen (secondary N) is 2. The zero-order valence-electron chi connectivity index (χ0n) is 18.7. The number of carboxylic acid groups (broad SMARTS) is 1. The van der Waals surface area contributed by atoms with Gasteiger partial charge in [0.05, 0.1) is 25.0 Å². The van der Waals surface area contributed by atoms with Crippen molar-refractivity contribution in [3.63, 3.8) is 0 Å². The van der Waals surface area contributed by atoms with Crippen molar-refractivity contribution in [2.45, 2.75) is 31.3 Å². The van der Waals surface area contributed by atoms with Gasteiger partial charge < -0.3 is 20.6 Å². The molecule has 1 saturated heterocycles. The van der Waals surface area contributed by atoms with Gasteiger partial charge in [-0.05, 0) is 41.7 Å². The van der Waals surface area contributed by atoms with Crippen LogP contribution in [0.4, 0.5) is 10.5 Å². The number of benzene rings is 3. The van der Waals surface area contributed by atoms with E-state index >= 15 is 0 Å². The quantitative estimate of drug-likeness (QED) is 0.485. The number of hydrogen-bond acceptors (Lipinski definition) is 3. The Labute approximate surface area is 198 Å². The minimum Gasteiger partial charge on any atom is -0.481 e. The second-order valence-electron chi connectivity index (χ2n) is 8.31. The number of likely N-dealkylation sites (tertiary alicyclic amines) is 1. The van der Waals surface area contributed by atoms with Crippen molar-refractivity contribution in [2.75, 3.05) is 11.9 Å². The first-order chi connectivity index (χ1) is 16.5. The van der Waals surface area contributed by atoms with Crippen molar-refractivity contribution >= 4 is 23.6 Å². The monoisotopic (exact) mass is 457 g/mol. The van der Waals surface area contributed by atoms with Crippen LogP contribution in [0.5, 0.6) is 0 Å². The molecule has 4 rings (SSSR count). The summed E-state index contributed by atoms with van der Waals surface area (Å²) in [6.07, 6.45) is 1.56. The van der Waals surface area contributed by atoms with E-state index in [1.165, 1.54) is 0 Å². The van der Waals surface area contributed by atoms with E-state index in [1.54, 1.807) is 24.3 Å². The van der Waals surface area contributed by atoms with Crippen molar-refractivity contribution in [3.8, 4) is 0 Å². The maximum atomic E-state index is 13.4. The molecule has 1 aliphatic heterocycles. The van der Waals surface area contributed by atoms with Gasteiger partial charge in [0, 0.05) is 5.69 Å². The molecule has 34 heavy (non-hydrogen) atoms. The highest BCUT2D eigenvalue weighted by Gasteiger charge is 2.38. The molecule has 0 unspecified atom stereocenters. The molecule has 0 bridgehead atoms. The average molecular weight is 458 g/mol. The molecule has 0 radical (unpaired) electrons. The highest BCUT2D eigenvalue weighted by Crippen LogP contribution is 2.43. The van der Waals surface area contributed by atoms with Crippen LogP contribution in [-0.4, -0.2) is 34.5 Å². The van der Waals surface area contributed by atoms with E-state index in [4.69, 9.17) is 5.11 Å². The summed E-state index contributed by atoms with van der Waals surface area (Å²) in [5.41, 5.74) is 3.20. The van der Waals surface area contributed by atoms with Crippen LogP contribution in [0.2, 0.25) is 0 Å². The van der Waals surface area contributed by atoms with Crippen molar-refractivity contribution in [2.24, 2.45) is 0 Å². The third kappa shape index (κ3) is 5.61. The molecule has 2 atom stereocenters. The summed E-state index contributed by atoms with van der Waals surface area (Å²) in [6.45, 7) is -0.146. The fourth-order valence-corrected chi connectivity index (χ4v) is 4.52. The first-order valence-electron chi connectivity index (χ1n) is 11.3. The Balaban J connectivity index is 1.44. The molecule has 3 amide bonds. The van der Waals surface area contributed by atoms with Crippen LogP contribution in [0.15, 0.2) is 84.9 Å². The van der Waals surface area contributed by atoms with Crippen molar-refractivity contribution < 1.29 is 19.5 Å². The van der Waals surface area contributed by atoms with Crippen LogP contribution in [0.3, 0.4) is 0 Å². The summed E-state index contributed by atoms with van der Waals surface area (Å²) in [5.74, 6) is -1.10. The molecule has 0 saturated carbocycles. The minimum atomic E-state index is -0.946. The molecule has 0 spiro atoms. The standard InChI is InChI=1S/C27H27N3O4/c31-25(18-28-27(34)29-22-13-7-8-19(16-22)17-26(32)33)30-23(20-9-3-1-4-10-20)14-15-24(30)21-11-5-2-6-12-21/h1-13,16,23-24H,14-15,17-18H2,(H,32,33)(H2,28,29,34)/t23-,24+. The van der Waals surface area contributed by atoms with Crippen molar-refractivity contribution in [1.29, 1.82) is 0 Å². The number of carbonyl (C=O) groups excluding carboxylic acids is 2. The molecule has 3 N–H and O–H groups in total. The highest BCUT2D eigenvalue weighted by atomic mass is 16.4. The van der Waals surface area contributed by atoms with Gasteiger partial charge in [-0.15, -0.1) is 0 Å². The molecular formula is C27H27N3O4. The predicted octanol–water partition coefficient (Wildman–Crippen LogP) is 4.54. The Morgan fingerprint density at radius 2 is 1.41 bits per heavy atom. The van der Waals surface area contributed by atoms with Gasteiger partial charge >= 0.3 is 12.0 Å². The Morgan fingerprint density at radius 1 is 0.824 bits per heavy atom. The Kier molecular flexibility index (Phi) is 7.22. The predicted molar refractivity (Wildman–Crippen MR) is 129 cm³/mol. The van der Waals surface area contributed by atoms with Crippen molar-refractivity contribution in [1.82, 2.24) is 10.2 Å². The highest BCUT2D eigenvalue weighted by molar-refractivity contribution is 5.92. The molecule has 3 aromatic carbocycles. The Morgan fingerprint density at radius 3 is 1.97 bits per heavy atom. The Bertz CT molecular complexity index is 1100. The maximum Gasteiger partial charge on any atom is 0.319 e. The number of hydrogen-bond donors (Lipinski definition) is 3. The molecule has 7 nitrogen and oxygen atoms in total. The van der Waals surface area contributed by atoms with Crippen molar-refractivity contribution in [3.05, 3.63) is 102 Å². The third-order valence-corrected chi connectivity index (χ3v) is 5.98. The molecule has 1 aliphatic rings. The summed E-state index contributed by atoms with van der Waals surface area (Å²) in [5, 5.41) is 14.3. The minimum absolute atomic E-state index is 0.0588. The lowest BCUT2D eigenvalue weighted by Crippen LogP contribution is -2.42. The first kappa shape index (κ1) is 23.0. The lowest BCUT2D eigenvalue weighted by atomic mass is 10.0. The maximum absolute atomic E-state index is 13.4. The van der Waals surface area contributed by atoms with Gasteiger partial charge in [-0.1, -0.05) is 72.8 Å². The molecule has 3 aromatic rings. The van der Waals surface area contributed by atoms with E-state index in [-0.39, 0.29) is 31.0 Å². The van der Waals surface area contributed by atoms with Gasteiger partial charge in [-0.25, -0.2) is 4.79 Å². The molecule has 0 aromatic heterocycles. The number of carbonyl (C=O) groups is 3. The number of urea groups is 1. The molecule has 0 aliphatic carbocycles. The summed E-state index contributed by atoms with van der Waals surface area (Å²) in [7, 11) is 0. The van der Waals surface area contributed by atoms with E-state index < -0.39 is 12.0 Å². The van der Waals surface area contributed by atoms with Crippen LogP contribution in [-0.2, 0) is 16.0 Å². The molecule has 1 fully saturated rings. The fraction of sp³-hybridized carbons (Fsp3) is 0.222. The van der Waals surface area contributed by atoms with Crippen LogP contribution < -0.4 is 10.6 Å². The number of carboxylic acids is 1. The second-order valence-corrected chi connectivity index (χ2v) is 8.31. The van der Waals surface area contributed by atoms with Gasteiger partial charge in [-0.3, -0.25) is 9.59 Å². The lowest BCUT2D eigenvalue weighted by Gasteiger charge is -2.31. The van der Waals surface area contributed by atoms with Gasteiger partial charge in [-0.2, -0.15) is 0 Å². The second kappa shape index (κ2) is 10.7.